The Kier molecular flexibility index (Phi) is 17.5. The van der Waals surface area contributed by atoms with Crippen LogP contribution >= 0.6 is 7.82 Å². The molecular weight excluding hydrogens is 356 g/mol. The molecule has 0 N–H and O–H groups in total. The van der Waals surface area contributed by atoms with Gasteiger partial charge in [-0.25, -0.2) is 0 Å². The van der Waals surface area contributed by atoms with Crippen LogP contribution in [0.4, 0.5) is 0 Å². The Morgan fingerprint density at radius 1 is 1.10 bits per heavy atom. The minimum atomic E-state index is -4.18. The third-order valence-corrected chi connectivity index (χ3v) is 3.33. The fraction of sp³-hybridized carbons (Fsp3) is 0.846. The first-order valence-electron chi connectivity index (χ1n) is 6.28. The van der Waals surface area contributed by atoms with E-state index in [1.54, 1.807) is 20.8 Å². The second kappa shape index (κ2) is 13.5. The molecular formula is C13H26O5PY-3. The van der Waals surface area contributed by atoms with E-state index in [2.05, 4.69) is 0 Å². The average Bonchev–Trinajstić information content (AvgIpc) is 2.18. The Morgan fingerprint density at radius 2 is 1.60 bits per heavy atom. The van der Waals surface area contributed by atoms with Crippen LogP contribution in [-0.4, -0.2) is 18.5 Å². The zero-order chi connectivity index (χ0) is 14.1. The molecule has 119 valence electrons. The Hall–Kier alpha value is 0.884. The van der Waals surface area contributed by atoms with Crippen molar-refractivity contribution in [3.63, 3.8) is 0 Å². The van der Waals surface area contributed by atoms with Crippen LogP contribution in [-0.2, 0) is 51.1 Å². The standard InChI is InChI=1S/C12H24O5P.CH3.Y/c1-12(2,3)17-18(14,15)16-11-9-7-5-4-6-8-10-13;;/h4-9,11H2,1-3H3,(H,14,15);1H3;/q2*-1;/p-1. The van der Waals surface area contributed by atoms with Gasteiger partial charge in [0.1, 0.15) is 0 Å². The zero-order valence-corrected chi connectivity index (χ0v) is 16.7. The molecule has 0 rings (SSSR count). The van der Waals surface area contributed by atoms with Gasteiger partial charge >= 0.3 is 0 Å². The van der Waals surface area contributed by atoms with Crippen LogP contribution in [0.25, 0.3) is 0 Å². The molecule has 0 aromatic carbocycles. The molecule has 5 nitrogen and oxygen atoms in total. The van der Waals surface area contributed by atoms with Crippen molar-refractivity contribution in [1.29, 1.82) is 0 Å². The van der Waals surface area contributed by atoms with Crippen molar-refractivity contribution in [2.75, 3.05) is 6.61 Å². The second-order valence-corrected chi connectivity index (χ2v) is 6.48. The van der Waals surface area contributed by atoms with Crippen molar-refractivity contribution in [2.24, 2.45) is 0 Å². The van der Waals surface area contributed by atoms with Crippen molar-refractivity contribution in [2.45, 2.75) is 64.9 Å². The molecule has 0 aliphatic rings. The molecule has 0 aliphatic heterocycles. The van der Waals surface area contributed by atoms with Crippen molar-refractivity contribution < 1.29 is 56.0 Å². The topological polar surface area (TPSA) is 75.7 Å². The van der Waals surface area contributed by atoms with Gasteiger partial charge in [0.15, 0.2) is 0 Å². The molecule has 0 spiro atoms. The van der Waals surface area contributed by atoms with Gasteiger partial charge in [-0.15, -0.1) is 0 Å². The zero-order valence-electron chi connectivity index (χ0n) is 13.0. The van der Waals surface area contributed by atoms with Gasteiger partial charge in [0.2, 0.25) is 0 Å². The first kappa shape index (κ1) is 25.8. The summed E-state index contributed by atoms with van der Waals surface area (Å²) in [5.41, 5.74) is -0.761. The molecule has 0 amide bonds. The maximum Gasteiger partial charge on any atom is 0.268 e. The number of rotatable bonds is 10. The van der Waals surface area contributed by atoms with Gasteiger partial charge in [-0.3, -0.25) is 10.9 Å². The molecule has 1 unspecified atom stereocenters. The van der Waals surface area contributed by atoms with E-state index in [0.29, 0.717) is 12.8 Å². The van der Waals surface area contributed by atoms with Gasteiger partial charge in [0.05, 0.1) is 12.2 Å². The van der Waals surface area contributed by atoms with E-state index in [-0.39, 0.29) is 46.7 Å². The predicted octanol–water partition coefficient (Wildman–Crippen LogP) is 3.18. The van der Waals surface area contributed by atoms with E-state index in [1.807, 2.05) is 6.29 Å². The molecule has 1 atom stereocenters. The van der Waals surface area contributed by atoms with Gasteiger partial charge in [-0.2, -0.15) is 6.42 Å². The molecule has 0 aromatic heterocycles. The predicted molar refractivity (Wildman–Crippen MR) is 74.2 cm³/mol. The Balaban J connectivity index is -0.00000144. The largest absolute Gasteiger partial charge is 0.756 e. The van der Waals surface area contributed by atoms with Crippen LogP contribution in [0.15, 0.2) is 0 Å². The number of hydrogen-bond donors (Lipinski definition) is 0. The molecule has 0 bridgehead atoms. The quantitative estimate of drug-likeness (QED) is 0.330. The van der Waals surface area contributed by atoms with Gasteiger partial charge in [-0.05, 0) is 27.2 Å². The maximum absolute atomic E-state index is 11.4. The summed E-state index contributed by atoms with van der Waals surface area (Å²) in [4.78, 5) is 21.3. The van der Waals surface area contributed by atoms with Gasteiger partial charge in [0, 0.05) is 32.7 Å². The fourth-order valence-electron chi connectivity index (χ4n) is 1.37. The van der Waals surface area contributed by atoms with Crippen LogP contribution in [0.5, 0.6) is 0 Å². The number of phosphoric ester groups is 1. The maximum atomic E-state index is 11.4. The summed E-state index contributed by atoms with van der Waals surface area (Å²) in [5, 5.41) is 0. The van der Waals surface area contributed by atoms with E-state index in [9.17, 15) is 14.3 Å². The Bertz CT molecular complexity index is 278. The first-order valence-corrected chi connectivity index (χ1v) is 7.74. The molecule has 0 heterocycles. The molecule has 20 heavy (non-hydrogen) atoms. The summed E-state index contributed by atoms with van der Waals surface area (Å²) in [7, 11) is -4.18. The van der Waals surface area contributed by atoms with E-state index in [1.165, 1.54) is 0 Å². The second-order valence-electron chi connectivity index (χ2n) is 5.15. The van der Waals surface area contributed by atoms with Crippen molar-refractivity contribution in [3.05, 3.63) is 7.43 Å². The van der Waals surface area contributed by atoms with E-state index >= 15 is 0 Å². The third-order valence-electron chi connectivity index (χ3n) is 2.06. The Morgan fingerprint density at radius 3 is 2.10 bits per heavy atom. The Labute approximate surface area is 148 Å². The summed E-state index contributed by atoms with van der Waals surface area (Å²) in [6.07, 6.45) is 6.65. The van der Waals surface area contributed by atoms with Crippen LogP contribution in [0.3, 0.4) is 0 Å². The monoisotopic (exact) mass is 382 g/mol. The van der Waals surface area contributed by atoms with Crippen molar-refractivity contribution >= 4 is 14.1 Å². The van der Waals surface area contributed by atoms with Crippen LogP contribution in [0.1, 0.15) is 59.3 Å². The summed E-state index contributed by atoms with van der Waals surface area (Å²) in [6.45, 7) is 5.12. The van der Waals surface area contributed by atoms with E-state index < -0.39 is 13.4 Å². The van der Waals surface area contributed by atoms with Gasteiger partial charge in [0.25, 0.3) is 7.82 Å². The molecule has 0 aliphatic carbocycles. The fourth-order valence-corrected chi connectivity index (χ4v) is 2.44. The summed E-state index contributed by atoms with van der Waals surface area (Å²) in [5.74, 6) is 0. The number of phosphoric acid groups is 1. The normalized spacial score (nSPS) is 13.8. The van der Waals surface area contributed by atoms with Crippen LogP contribution < -0.4 is 4.89 Å². The van der Waals surface area contributed by atoms with Crippen molar-refractivity contribution in [3.8, 4) is 0 Å². The molecule has 0 saturated heterocycles. The molecule has 0 fully saturated rings. The number of hydrogen-bond acceptors (Lipinski definition) is 5. The van der Waals surface area contributed by atoms with Crippen LogP contribution in [0.2, 0.25) is 0 Å². The smallest absolute Gasteiger partial charge is 0.268 e. The molecule has 0 aromatic rings. The minimum absolute atomic E-state index is 0. The van der Waals surface area contributed by atoms with E-state index in [0.717, 1.165) is 25.7 Å². The summed E-state index contributed by atoms with van der Waals surface area (Å²) >= 11 is 0. The number of unbranched alkanes of at least 4 members (excludes halogenated alkanes) is 5. The minimum Gasteiger partial charge on any atom is -0.756 e. The molecule has 7 heteroatoms. The van der Waals surface area contributed by atoms with Gasteiger partial charge in [-0.1, -0.05) is 25.7 Å². The van der Waals surface area contributed by atoms with E-state index in [4.69, 9.17) is 9.05 Å². The SMILES string of the molecule is CC(C)(C)OP(=O)([O-])OCCCCCCC[C-]=O.[CH3-].[Y]. The third kappa shape index (κ3) is 18.9. The molecule has 1 radical (unpaired) electrons. The summed E-state index contributed by atoms with van der Waals surface area (Å²) in [6, 6.07) is 0. The first-order chi connectivity index (χ1) is 8.27. The van der Waals surface area contributed by atoms with Gasteiger partial charge < -0.3 is 26.2 Å². The summed E-state index contributed by atoms with van der Waals surface area (Å²) < 4.78 is 20.9. The average molecular weight is 382 g/mol. The number of carbonyl (C=O) groups excluding carboxylic acids is 1. The van der Waals surface area contributed by atoms with Crippen LogP contribution in [0, 0.1) is 7.43 Å². The molecule has 0 saturated carbocycles. The van der Waals surface area contributed by atoms with Crippen molar-refractivity contribution in [1.82, 2.24) is 0 Å².